The van der Waals surface area contributed by atoms with Gasteiger partial charge in [0.2, 0.25) is 5.91 Å². The van der Waals surface area contributed by atoms with Crippen LogP contribution in [0, 0.1) is 24.2 Å². The Kier molecular flexibility index (Phi) is 6.36. The van der Waals surface area contributed by atoms with Crippen molar-refractivity contribution in [3.8, 4) is 23.5 Å². The summed E-state index contributed by atoms with van der Waals surface area (Å²) in [4.78, 5) is 38.0. The number of carboxylic acid groups (broad SMARTS) is 1. The molecule has 0 spiro atoms. The second-order valence-corrected chi connectivity index (χ2v) is 8.56. The number of nitrogens with zero attached hydrogens (tertiary/aromatic N) is 1. The van der Waals surface area contributed by atoms with Gasteiger partial charge in [-0.15, -0.1) is 12.3 Å². The highest BCUT2D eigenvalue weighted by atomic mass is 16.5. The molecule has 2 N–H and O–H groups in total. The zero-order chi connectivity index (χ0) is 23.5. The van der Waals surface area contributed by atoms with Crippen molar-refractivity contribution < 1.29 is 24.2 Å². The third-order valence-corrected chi connectivity index (χ3v) is 6.57. The van der Waals surface area contributed by atoms with E-state index in [9.17, 15) is 14.4 Å². The largest absolute Gasteiger partial charge is 0.481 e. The van der Waals surface area contributed by atoms with E-state index in [1.54, 1.807) is 6.92 Å². The standard InChI is InChI=1S/C26H26N2O5/c1-3-8-23(24(29)28-13-17(14-28)16(2)25(30)31)27-26(32)33-15-22-20-11-6-4-9-18(20)19-10-5-7-12-21(19)22/h1,4-7,9-12,16-17,22-23H,8,13-15H2,2H3,(H,27,32)(H,30,31). The lowest BCUT2D eigenvalue weighted by molar-refractivity contribution is -0.151. The minimum absolute atomic E-state index is 0.0265. The Morgan fingerprint density at radius 2 is 1.70 bits per heavy atom. The number of rotatable bonds is 7. The fourth-order valence-electron chi connectivity index (χ4n) is 4.53. The molecule has 0 aromatic heterocycles. The summed E-state index contributed by atoms with van der Waals surface area (Å²) in [5.74, 6) is 0.491. The van der Waals surface area contributed by atoms with E-state index in [2.05, 4.69) is 23.4 Å². The number of nitrogens with one attached hydrogen (secondary N) is 1. The van der Waals surface area contributed by atoms with Crippen LogP contribution in [-0.2, 0) is 14.3 Å². The van der Waals surface area contributed by atoms with E-state index >= 15 is 0 Å². The van der Waals surface area contributed by atoms with Crippen molar-refractivity contribution in [2.75, 3.05) is 19.7 Å². The molecule has 1 aliphatic heterocycles. The third kappa shape index (κ3) is 4.42. The summed E-state index contributed by atoms with van der Waals surface area (Å²) in [5.41, 5.74) is 4.46. The quantitative estimate of drug-likeness (QED) is 0.638. The molecule has 2 unspecified atom stereocenters. The van der Waals surface area contributed by atoms with Crippen LogP contribution < -0.4 is 5.32 Å². The highest BCUT2D eigenvalue weighted by Gasteiger charge is 2.39. The molecule has 1 aliphatic carbocycles. The first kappa shape index (κ1) is 22.4. The molecular weight excluding hydrogens is 420 g/mol. The molecule has 170 valence electrons. The summed E-state index contributed by atoms with van der Waals surface area (Å²) < 4.78 is 5.52. The number of carbonyl (C=O) groups excluding carboxylic acids is 2. The van der Waals surface area contributed by atoms with Crippen LogP contribution in [0.15, 0.2) is 48.5 Å². The summed E-state index contributed by atoms with van der Waals surface area (Å²) in [6.07, 6.45) is 4.73. The number of terminal acetylenes is 1. The van der Waals surface area contributed by atoms with Crippen LogP contribution in [0.4, 0.5) is 4.79 Å². The Morgan fingerprint density at radius 1 is 1.12 bits per heavy atom. The number of alkyl carbamates (subject to hydrolysis) is 1. The molecule has 33 heavy (non-hydrogen) atoms. The number of likely N-dealkylation sites (tertiary alicyclic amines) is 1. The second-order valence-electron chi connectivity index (χ2n) is 8.56. The molecule has 7 heteroatoms. The summed E-state index contributed by atoms with van der Waals surface area (Å²) in [7, 11) is 0. The van der Waals surface area contributed by atoms with E-state index in [0.717, 1.165) is 22.3 Å². The first-order valence-electron chi connectivity index (χ1n) is 11.0. The Labute approximate surface area is 192 Å². The van der Waals surface area contributed by atoms with Gasteiger partial charge in [0, 0.05) is 31.3 Å². The number of aliphatic carboxylic acids is 1. The average Bonchev–Trinajstić information content (AvgIpc) is 3.10. The number of benzene rings is 2. The van der Waals surface area contributed by atoms with Crippen molar-refractivity contribution >= 4 is 18.0 Å². The van der Waals surface area contributed by atoms with Gasteiger partial charge in [-0.25, -0.2) is 4.79 Å². The molecule has 1 heterocycles. The first-order chi connectivity index (χ1) is 15.9. The van der Waals surface area contributed by atoms with Gasteiger partial charge in [-0.2, -0.15) is 0 Å². The molecule has 1 saturated heterocycles. The van der Waals surface area contributed by atoms with Gasteiger partial charge in [0.1, 0.15) is 12.6 Å². The van der Waals surface area contributed by atoms with Crippen LogP contribution in [0.3, 0.4) is 0 Å². The Bertz CT molecular complexity index is 1070. The molecule has 1 fully saturated rings. The van der Waals surface area contributed by atoms with Crippen LogP contribution in [0.25, 0.3) is 11.1 Å². The third-order valence-electron chi connectivity index (χ3n) is 6.57. The highest BCUT2D eigenvalue weighted by Crippen LogP contribution is 2.44. The molecular formula is C26H26N2O5. The van der Waals surface area contributed by atoms with Crippen molar-refractivity contribution in [3.05, 3.63) is 59.7 Å². The number of carbonyl (C=O) groups is 3. The van der Waals surface area contributed by atoms with Crippen LogP contribution in [0.2, 0.25) is 0 Å². The molecule has 2 aromatic carbocycles. The number of hydrogen-bond acceptors (Lipinski definition) is 4. The van der Waals surface area contributed by atoms with Gasteiger partial charge in [-0.05, 0) is 22.3 Å². The highest BCUT2D eigenvalue weighted by molar-refractivity contribution is 5.87. The van der Waals surface area contributed by atoms with E-state index in [4.69, 9.17) is 16.3 Å². The van der Waals surface area contributed by atoms with Gasteiger partial charge >= 0.3 is 12.1 Å². The lowest BCUT2D eigenvalue weighted by atomic mass is 9.86. The van der Waals surface area contributed by atoms with E-state index in [0.29, 0.717) is 13.1 Å². The molecule has 2 aromatic rings. The molecule has 7 nitrogen and oxygen atoms in total. The predicted molar refractivity (Wildman–Crippen MR) is 122 cm³/mol. The lowest BCUT2D eigenvalue weighted by Gasteiger charge is -2.42. The maximum atomic E-state index is 12.8. The summed E-state index contributed by atoms with van der Waals surface area (Å²) in [6.45, 7) is 2.43. The number of hydrogen-bond donors (Lipinski definition) is 2. The fourth-order valence-corrected chi connectivity index (χ4v) is 4.53. The maximum absolute atomic E-state index is 12.8. The van der Waals surface area contributed by atoms with Crippen molar-refractivity contribution in [3.63, 3.8) is 0 Å². The SMILES string of the molecule is C#CCC(NC(=O)OCC1c2ccccc2-c2ccccc21)C(=O)N1CC(C(C)C(=O)O)C1. The monoisotopic (exact) mass is 446 g/mol. The van der Waals surface area contributed by atoms with Crippen molar-refractivity contribution in [2.45, 2.75) is 25.3 Å². The van der Waals surface area contributed by atoms with Gasteiger partial charge in [0.15, 0.2) is 0 Å². The molecule has 2 aliphatic rings. The first-order valence-corrected chi connectivity index (χ1v) is 11.0. The molecule has 0 bridgehead atoms. The van der Waals surface area contributed by atoms with E-state index in [1.165, 1.54) is 4.90 Å². The van der Waals surface area contributed by atoms with Crippen molar-refractivity contribution in [2.24, 2.45) is 11.8 Å². The topological polar surface area (TPSA) is 95.9 Å². The Morgan fingerprint density at radius 3 is 2.24 bits per heavy atom. The number of fused-ring (bicyclic) bond motifs is 3. The van der Waals surface area contributed by atoms with Crippen molar-refractivity contribution in [1.82, 2.24) is 10.2 Å². The summed E-state index contributed by atoms with van der Waals surface area (Å²) in [5, 5.41) is 11.7. The van der Waals surface area contributed by atoms with Gasteiger partial charge in [0.05, 0.1) is 5.92 Å². The van der Waals surface area contributed by atoms with E-state index in [1.807, 2.05) is 36.4 Å². The normalized spacial score (nSPS) is 16.5. The van der Waals surface area contributed by atoms with E-state index < -0.39 is 24.0 Å². The fraction of sp³-hybridized carbons (Fsp3) is 0.346. The smallest absolute Gasteiger partial charge is 0.407 e. The number of ether oxygens (including phenoxy) is 1. The maximum Gasteiger partial charge on any atom is 0.407 e. The number of carboxylic acids is 1. The minimum atomic E-state index is -0.910. The van der Waals surface area contributed by atoms with Crippen LogP contribution in [0.5, 0.6) is 0 Å². The molecule has 2 amide bonds. The van der Waals surface area contributed by atoms with Gasteiger partial charge < -0.3 is 20.1 Å². The molecule has 0 radical (unpaired) electrons. The van der Waals surface area contributed by atoms with Crippen LogP contribution >= 0.6 is 0 Å². The van der Waals surface area contributed by atoms with Gasteiger partial charge in [0.25, 0.3) is 0 Å². The number of amides is 2. The summed E-state index contributed by atoms with van der Waals surface area (Å²) in [6, 6.07) is 15.2. The average molecular weight is 447 g/mol. The second kappa shape index (κ2) is 9.37. The Balaban J connectivity index is 1.36. The Hall–Kier alpha value is -3.79. The van der Waals surface area contributed by atoms with E-state index in [-0.39, 0.29) is 30.8 Å². The molecule has 2 atom stereocenters. The minimum Gasteiger partial charge on any atom is -0.481 e. The zero-order valence-corrected chi connectivity index (χ0v) is 18.4. The van der Waals surface area contributed by atoms with Crippen LogP contribution in [0.1, 0.15) is 30.4 Å². The van der Waals surface area contributed by atoms with Gasteiger partial charge in [-0.3, -0.25) is 9.59 Å². The zero-order valence-electron chi connectivity index (χ0n) is 18.4. The summed E-state index contributed by atoms with van der Waals surface area (Å²) >= 11 is 0. The molecule has 4 rings (SSSR count). The van der Waals surface area contributed by atoms with Crippen LogP contribution in [-0.4, -0.2) is 53.7 Å². The van der Waals surface area contributed by atoms with Crippen molar-refractivity contribution in [1.29, 1.82) is 0 Å². The lowest BCUT2D eigenvalue weighted by Crippen LogP contribution is -2.59. The van der Waals surface area contributed by atoms with Gasteiger partial charge in [-0.1, -0.05) is 55.5 Å². The predicted octanol–water partition coefficient (Wildman–Crippen LogP) is 3.10. The molecule has 0 saturated carbocycles.